The number of nitrogens with zero attached hydrogens (tertiary/aromatic N) is 4. The molecular weight excluding hydrogens is 348 g/mol. The Kier molecular flexibility index (Phi) is 4.90. The minimum Gasteiger partial charge on any atom is -0.465 e. The largest absolute Gasteiger partial charge is 0.465 e. The molecule has 0 atom stereocenters. The van der Waals surface area contributed by atoms with Crippen molar-refractivity contribution >= 4 is 33.8 Å². The molecule has 27 heavy (non-hydrogen) atoms. The normalized spacial score (nSPS) is 12.0. The molecule has 2 heterocycles. The van der Waals surface area contributed by atoms with Crippen LogP contribution in [0.1, 0.15) is 26.6 Å². The summed E-state index contributed by atoms with van der Waals surface area (Å²) in [6, 6.07) is 7.61. The molecule has 3 aromatic rings. The van der Waals surface area contributed by atoms with E-state index < -0.39 is 11.6 Å². The molecule has 3 rings (SSSR count). The first-order valence-corrected chi connectivity index (χ1v) is 8.59. The standard InChI is InChI=1S/C18H24N6O3/c1-18(2,3)24(17(25)26)9-8-23-13(10-27-20)22-14-15(23)11-6-4-5-7-12(11)21-16(14)19/h4-7H,8-10,20H2,1-3H3,(H2,19,21)(H,25,26). The first kappa shape index (κ1) is 18.9. The molecule has 0 aliphatic rings. The maximum absolute atomic E-state index is 11.7. The van der Waals surface area contributed by atoms with Gasteiger partial charge in [0.1, 0.15) is 17.9 Å². The van der Waals surface area contributed by atoms with Crippen LogP contribution in [-0.2, 0) is 18.0 Å². The number of para-hydroxylation sites is 1. The number of anilines is 1. The molecule has 0 saturated carbocycles. The number of aromatic nitrogens is 3. The first-order chi connectivity index (χ1) is 12.7. The summed E-state index contributed by atoms with van der Waals surface area (Å²) in [5.74, 6) is 6.15. The van der Waals surface area contributed by atoms with E-state index in [9.17, 15) is 9.90 Å². The zero-order chi connectivity index (χ0) is 19.8. The molecule has 1 amide bonds. The van der Waals surface area contributed by atoms with Gasteiger partial charge in [-0.05, 0) is 26.8 Å². The lowest BCUT2D eigenvalue weighted by Gasteiger charge is -2.33. The predicted octanol–water partition coefficient (Wildman–Crippen LogP) is 2.34. The van der Waals surface area contributed by atoms with Crippen molar-refractivity contribution in [2.45, 2.75) is 39.5 Å². The third-order valence-corrected chi connectivity index (χ3v) is 4.49. The van der Waals surface area contributed by atoms with E-state index in [1.165, 1.54) is 4.90 Å². The molecule has 0 unspecified atom stereocenters. The maximum Gasteiger partial charge on any atom is 0.407 e. The van der Waals surface area contributed by atoms with Crippen molar-refractivity contribution < 1.29 is 14.7 Å². The van der Waals surface area contributed by atoms with Gasteiger partial charge in [0.05, 0.1) is 11.0 Å². The summed E-state index contributed by atoms with van der Waals surface area (Å²) >= 11 is 0. The molecule has 5 N–H and O–H groups in total. The highest BCUT2D eigenvalue weighted by molar-refractivity contribution is 6.06. The number of benzene rings is 1. The SMILES string of the molecule is CC(C)(C)N(CCn1c(CON)nc2c(N)nc3ccccc3c21)C(=O)O. The quantitative estimate of drug-likeness (QED) is 0.585. The molecule has 0 bridgehead atoms. The Bertz CT molecular complexity index is 992. The van der Waals surface area contributed by atoms with Crippen molar-refractivity contribution in [2.75, 3.05) is 12.3 Å². The van der Waals surface area contributed by atoms with Crippen LogP contribution in [0.4, 0.5) is 10.6 Å². The summed E-state index contributed by atoms with van der Waals surface area (Å²) in [6.07, 6.45) is -0.977. The zero-order valence-electron chi connectivity index (χ0n) is 15.6. The van der Waals surface area contributed by atoms with Crippen LogP contribution in [0, 0.1) is 0 Å². The lowest BCUT2D eigenvalue weighted by Crippen LogP contribution is -2.46. The van der Waals surface area contributed by atoms with Crippen LogP contribution >= 0.6 is 0 Å². The number of carbonyl (C=O) groups is 1. The van der Waals surface area contributed by atoms with E-state index in [1.807, 2.05) is 49.6 Å². The van der Waals surface area contributed by atoms with Crippen molar-refractivity contribution in [1.82, 2.24) is 19.4 Å². The van der Waals surface area contributed by atoms with Crippen molar-refractivity contribution in [1.29, 1.82) is 0 Å². The van der Waals surface area contributed by atoms with Crippen molar-refractivity contribution in [3.63, 3.8) is 0 Å². The number of imidazole rings is 1. The Morgan fingerprint density at radius 2 is 2.00 bits per heavy atom. The number of hydrogen-bond donors (Lipinski definition) is 3. The number of nitrogens with two attached hydrogens (primary N) is 2. The van der Waals surface area contributed by atoms with Gasteiger partial charge < -0.3 is 20.3 Å². The van der Waals surface area contributed by atoms with E-state index in [1.54, 1.807) is 0 Å². The highest BCUT2D eigenvalue weighted by atomic mass is 16.6. The second-order valence-corrected chi connectivity index (χ2v) is 7.31. The van der Waals surface area contributed by atoms with Crippen LogP contribution in [0.5, 0.6) is 0 Å². The van der Waals surface area contributed by atoms with Crippen LogP contribution in [0.25, 0.3) is 21.9 Å². The second kappa shape index (κ2) is 7.01. The third kappa shape index (κ3) is 3.51. The number of hydrogen-bond acceptors (Lipinski definition) is 6. The fourth-order valence-electron chi connectivity index (χ4n) is 3.25. The monoisotopic (exact) mass is 372 g/mol. The van der Waals surface area contributed by atoms with Gasteiger partial charge in [0.15, 0.2) is 5.82 Å². The highest BCUT2D eigenvalue weighted by Gasteiger charge is 2.26. The summed E-state index contributed by atoms with van der Waals surface area (Å²) in [5, 5.41) is 10.5. The van der Waals surface area contributed by atoms with Gasteiger partial charge in [0.25, 0.3) is 0 Å². The Balaban J connectivity index is 2.15. The zero-order valence-corrected chi connectivity index (χ0v) is 15.6. The third-order valence-electron chi connectivity index (χ3n) is 4.49. The Hall–Kier alpha value is -2.91. The molecule has 0 aliphatic heterocycles. The average Bonchev–Trinajstić information content (AvgIpc) is 2.93. The second-order valence-electron chi connectivity index (χ2n) is 7.31. The molecule has 0 saturated heterocycles. The van der Waals surface area contributed by atoms with Crippen molar-refractivity contribution in [2.24, 2.45) is 5.90 Å². The van der Waals surface area contributed by atoms with Crippen LogP contribution in [0.15, 0.2) is 24.3 Å². The molecule has 1 aromatic carbocycles. The van der Waals surface area contributed by atoms with E-state index >= 15 is 0 Å². The predicted molar refractivity (Wildman–Crippen MR) is 103 cm³/mol. The molecule has 0 spiro atoms. The van der Waals surface area contributed by atoms with Crippen molar-refractivity contribution in [3.05, 3.63) is 30.1 Å². The topological polar surface area (TPSA) is 133 Å². The Labute approximate surface area is 156 Å². The van der Waals surface area contributed by atoms with E-state index in [0.29, 0.717) is 23.7 Å². The van der Waals surface area contributed by atoms with Crippen LogP contribution < -0.4 is 11.6 Å². The molecule has 0 aliphatic carbocycles. The van der Waals surface area contributed by atoms with Gasteiger partial charge in [0, 0.05) is 24.0 Å². The number of amides is 1. The Morgan fingerprint density at radius 1 is 1.30 bits per heavy atom. The average molecular weight is 372 g/mol. The molecule has 2 aromatic heterocycles. The van der Waals surface area contributed by atoms with Gasteiger partial charge in [-0.25, -0.2) is 20.7 Å². The molecule has 0 fully saturated rings. The minimum atomic E-state index is -0.977. The molecule has 9 nitrogen and oxygen atoms in total. The van der Waals surface area contributed by atoms with E-state index in [4.69, 9.17) is 16.5 Å². The lowest BCUT2D eigenvalue weighted by molar-refractivity contribution is 0.0954. The van der Waals surface area contributed by atoms with Gasteiger partial charge in [-0.2, -0.15) is 0 Å². The van der Waals surface area contributed by atoms with Crippen LogP contribution in [-0.4, -0.2) is 42.7 Å². The number of rotatable bonds is 5. The molecular formula is C18H24N6O3. The fraction of sp³-hybridized carbons (Fsp3) is 0.389. The maximum atomic E-state index is 11.7. The van der Waals surface area contributed by atoms with Gasteiger partial charge in [-0.15, -0.1) is 0 Å². The number of carboxylic acid groups (broad SMARTS) is 1. The van der Waals surface area contributed by atoms with E-state index in [2.05, 4.69) is 9.97 Å². The van der Waals surface area contributed by atoms with Gasteiger partial charge in [-0.3, -0.25) is 4.84 Å². The summed E-state index contributed by atoms with van der Waals surface area (Å²) in [6.45, 7) is 6.30. The Morgan fingerprint density at radius 3 is 2.63 bits per heavy atom. The van der Waals surface area contributed by atoms with Gasteiger partial charge in [0.2, 0.25) is 0 Å². The van der Waals surface area contributed by atoms with E-state index in [0.717, 1.165) is 16.4 Å². The van der Waals surface area contributed by atoms with E-state index in [-0.39, 0.29) is 13.2 Å². The number of fused-ring (bicyclic) bond motifs is 3. The van der Waals surface area contributed by atoms with Crippen molar-refractivity contribution in [3.8, 4) is 0 Å². The summed E-state index contributed by atoms with van der Waals surface area (Å²) in [5.41, 5.74) is 7.67. The van der Waals surface area contributed by atoms with Gasteiger partial charge in [-0.1, -0.05) is 18.2 Å². The highest BCUT2D eigenvalue weighted by Crippen LogP contribution is 2.29. The smallest absolute Gasteiger partial charge is 0.407 e. The van der Waals surface area contributed by atoms with Gasteiger partial charge >= 0.3 is 6.09 Å². The molecule has 144 valence electrons. The molecule has 0 radical (unpaired) electrons. The van der Waals surface area contributed by atoms with Crippen LogP contribution in [0.3, 0.4) is 0 Å². The summed E-state index contributed by atoms with van der Waals surface area (Å²) in [7, 11) is 0. The van der Waals surface area contributed by atoms with Crippen LogP contribution in [0.2, 0.25) is 0 Å². The fourth-order valence-corrected chi connectivity index (χ4v) is 3.25. The molecule has 9 heteroatoms. The number of pyridine rings is 1. The summed E-state index contributed by atoms with van der Waals surface area (Å²) in [4.78, 5) is 26.8. The minimum absolute atomic E-state index is 0.0744. The first-order valence-electron chi connectivity index (χ1n) is 8.59. The lowest BCUT2D eigenvalue weighted by atomic mass is 10.1. The number of nitrogen functional groups attached to an aromatic ring is 1. The summed E-state index contributed by atoms with van der Waals surface area (Å²) < 4.78 is 1.91.